The number of carbonyl (C=O) groups excluding carboxylic acids is 2. The number of unbranched alkanes of at least 4 members (excludes halogenated alkanes) is 1. The van der Waals surface area contributed by atoms with Gasteiger partial charge in [-0.2, -0.15) is 0 Å². The summed E-state index contributed by atoms with van der Waals surface area (Å²) in [5.74, 6) is -1.06. The zero-order valence-electron chi connectivity index (χ0n) is 14.4. The van der Waals surface area contributed by atoms with Gasteiger partial charge >= 0.3 is 5.97 Å². The number of ether oxygens (including phenoxy) is 1. The molecule has 3 rings (SSSR count). The summed E-state index contributed by atoms with van der Waals surface area (Å²) in [5.41, 5.74) is 7.00. The highest BCUT2D eigenvalue weighted by molar-refractivity contribution is 7.99. The maximum Gasteiger partial charge on any atom is 0.338 e. The van der Waals surface area contributed by atoms with Crippen LogP contribution in [0, 0.1) is 0 Å². The fourth-order valence-corrected chi connectivity index (χ4v) is 4.27. The molecule has 1 aliphatic heterocycles. The first kappa shape index (κ1) is 19.7. The number of nitrogens with two attached hydrogens (primary N) is 1. The van der Waals surface area contributed by atoms with E-state index in [1.54, 1.807) is 24.3 Å². The molecule has 0 saturated carbocycles. The van der Waals surface area contributed by atoms with Crippen molar-refractivity contribution in [1.29, 1.82) is 0 Å². The zero-order chi connectivity index (χ0) is 19.6. The maximum absolute atomic E-state index is 12.2. The van der Waals surface area contributed by atoms with E-state index in [9.17, 15) is 9.59 Å². The highest BCUT2D eigenvalue weighted by Gasteiger charge is 2.23. The van der Waals surface area contributed by atoms with Crippen LogP contribution in [0.2, 0.25) is 5.02 Å². The minimum absolute atomic E-state index is 0.109. The third-order valence-electron chi connectivity index (χ3n) is 3.90. The Morgan fingerprint density at radius 3 is 2.67 bits per heavy atom. The molecule has 0 spiro atoms. The van der Waals surface area contributed by atoms with Crippen molar-refractivity contribution in [2.24, 2.45) is 10.7 Å². The summed E-state index contributed by atoms with van der Waals surface area (Å²) in [7, 11) is 0. The maximum atomic E-state index is 12.2. The fourth-order valence-electron chi connectivity index (χ4n) is 2.56. The number of amides is 1. The van der Waals surface area contributed by atoms with Crippen molar-refractivity contribution in [3.05, 3.63) is 52.0 Å². The van der Waals surface area contributed by atoms with Crippen molar-refractivity contribution in [1.82, 2.24) is 0 Å². The van der Waals surface area contributed by atoms with E-state index >= 15 is 0 Å². The van der Waals surface area contributed by atoms with Gasteiger partial charge in [0.15, 0.2) is 0 Å². The van der Waals surface area contributed by atoms with Crippen molar-refractivity contribution < 1.29 is 14.3 Å². The van der Waals surface area contributed by atoms with E-state index in [4.69, 9.17) is 33.7 Å². The molecule has 5 nitrogen and oxygen atoms in total. The highest BCUT2D eigenvalue weighted by atomic mass is 35.5. The van der Waals surface area contributed by atoms with Crippen LogP contribution in [-0.4, -0.2) is 23.7 Å². The number of primary amides is 1. The summed E-state index contributed by atoms with van der Waals surface area (Å²) in [6, 6.07) is 8.23. The van der Waals surface area contributed by atoms with Crippen molar-refractivity contribution in [3.63, 3.8) is 0 Å². The number of aliphatic imine (C=N–C) groups is 1. The standard InChI is InChI=1S/C19H16Cl2N2O3S/c1-2-3-6-26-19(25)10-4-5-14-13(7-10)23-17(21)16-12(18(22)24)8-11(20)9-15(16)27-14/h4-5,7-9H,2-3,6H2,1H3,(H2,22,24). The van der Waals surface area contributed by atoms with Crippen molar-refractivity contribution in [2.45, 2.75) is 29.6 Å². The molecule has 0 radical (unpaired) electrons. The van der Waals surface area contributed by atoms with Gasteiger partial charge in [-0.15, -0.1) is 0 Å². The van der Waals surface area contributed by atoms with Crippen LogP contribution in [0.15, 0.2) is 45.1 Å². The lowest BCUT2D eigenvalue weighted by molar-refractivity contribution is 0.0499. The number of carbonyl (C=O) groups is 2. The van der Waals surface area contributed by atoms with Crippen molar-refractivity contribution in [3.8, 4) is 0 Å². The Balaban J connectivity index is 2.02. The van der Waals surface area contributed by atoms with E-state index < -0.39 is 11.9 Å². The quantitative estimate of drug-likeness (QED) is 0.531. The molecular formula is C19H16Cl2N2O3S. The van der Waals surface area contributed by atoms with Gasteiger partial charge < -0.3 is 10.5 Å². The number of nitrogens with zero attached hydrogens (tertiary/aromatic N) is 1. The van der Waals surface area contributed by atoms with Gasteiger partial charge in [0.05, 0.1) is 23.4 Å². The number of halogens is 2. The lowest BCUT2D eigenvalue weighted by Gasteiger charge is -2.10. The summed E-state index contributed by atoms with van der Waals surface area (Å²) >= 11 is 13.9. The Hall–Kier alpha value is -2.02. The molecule has 0 fully saturated rings. The van der Waals surface area contributed by atoms with Gasteiger partial charge in [0.25, 0.3) is 0 Å². The summed E-state index contributed by atoms with van der Waals surface area (Å²) in [6.07, 6.45) is 1.75. The number of hydrogen-bond donors (Lipinski definition) is 1. The van der Waals surface area contributed by atoms with Crippen LogP contribution in [0.3, 0.4) is 0 Å². The minimum atomic E-state index is -0.645. The molecule has 27 heavy (non-hydrogen) atoms. The minimum Gasteiger partial charge on any atom is -0.462 e. The molecule has 0 bridgehead atoms. The van der Waals surface area contributed by atoms with Gasteiger partial charge in [0, 0.05) is 20.4 Å². The second-order valence-corrected chi connectivity index (χ2v) is 7.75. The lowest BCUT2D eigenvalue weighted by atomic mass is 10.1. The van der Waals surface area contributed by atoms with Crippen molar-refractivity contribution in [2.75, 3.05) is 6.61 Å². The first-order valence-electron chi connectivity index (χ1n) is 8.27. The third kappa shape index (κ3) is 4.29. The number of fused-ring (bicyclic) bond motifs is 2. The van der Waals surface area contributed by atoms with Crippen LogP contribution < -0.4 is 5.73 Å². The summed E-state index contributed by atoms with van der Waals surface area (Å²) in [6.45, 7) is 2.39. The molecule has 2 N–H and O–H groups in total. The molecule has 1 amide bonds. The molecule has 2 aromatic rings. The molecule has 0 unspecified atom stereocenters. The Kier molecular flexibility index (Phi) is 6.09. The first-order valence-corrected chi connectivity index (χ1v) is 9.85. The molecule has 0 atom stereocenters. The molecule has 140 valence electrons. The van der Waals surface area contributed by atoms with Crippen LogP contribution >= 0.6 is 35.0 Å². The average Bonchev–Trinajstić information content (AvgIpc) is 2.75. The van der Waals surface area contributed by atoms with E-state index in [1.165, 1.54) is 17.8 Å². The molecule has 1 heterocycles. The molecular weight excluding hydrogens is 407 g/mol. The lowest BCUT2D eigenvalue weighted by Crippen LogP contribution is -2.15. The van der Waals surface area contributed by atoms with Gasteiger partial charge in [-0.25, -0.2) is 9.79 Å². The van der Waals surface area contributed by atoms with Crippen LogP contribution in [-0.2, 0) is 4.74 Å². The third-order valence-corrected chi connectivity index (χ3v) is 5.50. The highest BCUT2D eigenvalue weighted by Crippen LogP contribution is 2.43. The molecule has 0 aliphatic carbocycles. The number of hydrogen-bond acceptors (Lipinski definition) is 5. The fraction of sp³-hybridized carbons (Fsp3) is 0.211. The van der Waals surface area contributed by atoms with E-state index in [0.29, 0.717) is 33.3 Å². The Morgan fingerprint density at radius 1 is 1.19 bits per heavy atom. The summed E-state index contributed by atoms with van der Waals surface area (Å²) in [5, 5.41) is 0.484. The van der Waals surface area contributed by atoms with Crippen LogP contribution in [0.1, 0.15) is 46.0 Å². The van der Waals surface area contributed by atoms with Gasteiger partial charge in [-0.3, -0.25) is 4.79 Å². The largest absolute Gasteiger partial charge is 0.462 e. The average molecular weight is 423 g/mol. The molecule has 0 saturated heterocycles. The monoisotopic (exact) mass is 422 g/mol. The summed E-state index contributed by atoms with van der Waals surface area (Å²) in [4.78, 5) is 29.8. The Bertz CT molecular complexity index is 960. The molecule has 8 heteroatoms. The Labute approximate surface area is 170 Å². The van der Waals surface area contributed by atoms with E-state index in [2.05, 4.69) is 4.99 Å². The van der Waals surface area contributed by atoms with Crippen LogP contribution in [0.25, 0.3) is 0 Å². The second-order valence-electron chi connectivity index (χ2n) is 5.87. The van der Waals surface area contributed by atoms with E-state index in [1.807, 2.05) is 6.92 Å². The van der Waals surface area contributed by atoms with E-state index in [0.717, 1.165) is 17.7 Å². The molecule has 1 aliphatic rings. The van der Waals surface area contributed by atoms with Crippen LogP contribution in [0.4, 0.5) is 5.69 Å². The second kappa shape index (κ2) is 8.33. The van der Waals surface area contributed by atoms with Gasteiger partial charge in [-0.1, -0.05) is 48.3 Å². The van der Waals surface area contributed by atoms with E-state index in [-0.39, 0.29) is 10.7 Å². The predicted molar refractivity (Wildman–Crippen MR) is 108 cm³/mol. The Morgan fingerprint density at radius 2 is 1.96 bits per heavy atom. The smallest absolute Gasteiger partial charge is 0.338 e. The first-order chi connectivity index (χ1) is 12.9. The SMILES string of the molecule is CCCCOC(=O)c1ccc2c(c1)N=C(Cl)c1c(cc(Cl)cc1C(N)=O)S2. The normalized spacial score (nSPS) is 12.5. The number of esters is 1. The zero-order valence-corrected chi connectivity index (χ0v) is 16.7. The van der Waals surface area contributed by atoms with Crippen molar-refractivity contribution >= 4 is 57.7 Å². The molecule has 2 aromatic carbocycles. The molecule has 0 aromatic heterocycles. The van der Waals surface area contributed by atoms with Gasteiger partial charge in [0.2, 0.25) is 5.91 Å². The number of rotatable bonds is 5. The van der Waals surface area contributed by atoms with Crippen LogP contribution in [0.5, 0.6) is 0 Å². The topological polar surface area (TPSA) is 81.8 Å². The number of benzene rings is 2. The van der Waals surface area contributed by atoms with Gasteiger partial charge in [-0.05, 0) is 36.8 Å². The van der Waals surface area contributed by atoms with Gasteiger partial charge in [0.1, 0.15) is 5.17 Å². The predicted octanol–water partition coefficient (Wildman–Crippen LogP) is 5.18. The summed E-state index contributed by atoms with van der Waals surface area (Å²) < 4.78 is 5.24.